The first-order chi connectivity index (χ1) is 15.0. The van der Waals surface area contributed by atoms with E-state index in [2.05, 4.69) is 15.4 Å². The monoisotopic (exact) mass is 416 g/mol. The van der Waals surface area contributed by atoms with E-state index in [1.807, 2.05) is 49.4 Å². The Labute approximate surface area is 177 Å². The van der Waals surface area contributed by atoms with E-state index in [1.165, 1.54) is 16.8 Å². The number of hydrogen-bond donors (Lipinski definition) is 1. The normalized spacial score (nSPS) is 11.2. The molecule has 0 spiro atoms. The van der Waals surface area contributed by atoms with Crippen molar-refractivity contribution in [1.29, 1.82) is 0 Å². The molecule has 0 aliphatic carbocycles. The molecule has 5 aromatic rings. The molecule has 31 heavy (non-hydrogen) atoms. The van der Waals surface area contributed by atoms with Gasteiger partial charge in [0.05, 0.1) is 11.9 Å². The highest BCUT2D eigenvalue weighted by Crippen LogP contribution is 2.31. The zero-order valence-corrected chi connectivity index (χ0v) is 16.9. The number of benzene rings is 3. The highest BCUT2D eigenvalue weighted by Gasteiger charge is 2.15. The molecule has 0 atom stereocenters. The van der Waals surface area contributed by atoms with Crippen LogP contribution in [0.5, 0.6) is 0 Å². The molecule has 2 heterocycles. The van der Waals surface area contributed by atoms with Gasteiger partial charge in [-0.1, -0.05) is 12.1 Å². The van der Waals surface area contributed by atoms with Gasteiger partial charge in [-0.2, -0.15) is 5.10 Å². The first kappa shape index (κ1) is 19.0. The highest BCUT2D eigenvalue weighted by molar-refractivity contribution is 5.94. The van der Waals surface area contributed by atoms with E-state index in [0.29, 0.717) is 17.2 Å². The molecule has 0 unspecified atom stereocenters. The lowest BCUT2D eigenvalue weighted by atomic mass is 10.1. The molecule has 2 aromatic heterocycles. The van der Waals surface area contributed by atoms with Crippen molar-refractivity contribution < 1.29 is 13.2 Å². The van der Waals surface area contributed by atoms with Gasteiger partial charge in [0.15, 0.2) is 17.5 Å². The summed E-state index contributed by atoms with van der Waals surface area (Å²) in [5.41, 5.74) is 4.24. The quantitative estimate of drug-likeness (QED) is 0.373. The minimum atomic E-state index is -0.663. The lowest BCUT2D eigenvalue weighted by Gasteiger charge is -2.07. The molecule has 0 aliphatic rings. The topological polar surface area (TPSA) is 55.9 Å². The molecule has 0 saturated carbocycles. The van der Waals surface area contributed by atoms with Crippen molar-refractivity contribution in [3.8, 4) is 17.0 Å². The van der Waals surface area contributed by atoms with Gasteiger partial charge in [-0.25, -0.2) is 18.4 Å². The van der Waals surface area contributed by atoms with Crippen molar-refractivity contribution in [3.63, 3.8) is 0 Å². The average Bonchev–Trinajstić information content (AvgIpc) is 3.33. The first-order valence-corrected chi connectivity index (χ1v) is 9.73. The number of nitrogens with zero attached hydrogens (tertiary/aromatic N) is 3. The van der Waals surface area contributed by atoms with Crippen molar-refractivity contribution in [2.45, 2.75) is 13.8 Å². The summed E-state index contributed by atoms with van der Waals surface area (Å²) in [7, 11) is 0. The van der Waals surface area contributed by atoms with Gasteiger partial charge in [0.1, 0.15) is 17.0 Å². The number of aryl methyl sites for hydroxylation is 2. The molecule has 154 valence electrons. The second-order valence-electron chi connectivity index (χ2n) is 7.24. The highest BCUT2D eigenvalue weighted by atomic mass is 19.1. The van der Waals surface area contributed by atoms with Crippen molar-refractivity contribution in [1.82, 2.24) is 14.8 Å². The number of aromatic nitrogens is 3. The van der Waals surface area contributed by atoms with Gasteiger partial charge in [-0.3, -0.25) is 0 Å². The third-order valence-electron chi connectivity index (χ3n) is 5.15. The Hall–Kier alpha value is -4.00. The van der Waals surface area contributed by atoms with Crippen LogP contribution < -0.4 is 5.32 Å². The predicted octanol–water partition coefficient (Wildman–Crippen LogP) is 6.32. The summed E-state index contributed by atoms with van der Waals surface area (Å²) < 4.78 is 34.7. The van der Waals surface area contributed by atoms with Gasteiger partial charge < -0.3 is 9.73 Å². The van der Waals surface area contributed by atoms with Gasteiger partial charge >= 0.3 is 0 Å². The predicted molar refractivity (Wildman–Crippen MR) is 116 cm³/mol. The largest absolute Gasteiger partial charge is 0.441 e. The standard InChI is InChI=1S/C24H18F2N4O/c1-14-19-4-3-5-21(24(19)29-30(14)22-11-8-17(25)12-20(22)26)28-18-9-6-16(7-10-18)23-13-27-15(2)31-23/h3-13,28H,1-2H3. The molecule has 7 heteroatoms. The average molecular weight is 416 g/mol. The minimum absolute atomic E-state index is 0.202. The minimum Gasteiger partial charge on any atom is -0.441 e. The van der Waals surface area contributed by atoms with E-state index in [9.17, 15) is 8.78 Å². The van der Waals surface area contributed by atoms with Gasteiger partial charge in [0.25, 0.3) is 0 Å². The Morgan fingerprint density at radius 1 is 0.968 bits per heavy atom. The number of halogens is 2. The summed E-state index contributed by atoms with van der Waals surface area (Å²) in [5, 5.41) is 8.85. The maximum Gasteiger partial charge on any atom is 0.191 e. The van der Waals surface area contributed by atoms with Crippen LogP contribution in [0, 0.1) is 25.5 Å². The molecule has 0 aliphatic heterocycles. The molecule has 5 rings (SSSR count). The molecule has 0 radical (unpaired) electrons. The van der Waals surface area contributed by atoms with E-state index < -0.39 is 11.6 Å². The number of hydrogen-bond acceptors (Lipinski definition) is 4. The molecule has 0 saturated heterocycles. The van der Waals surface area contributed by atoms with Crippen LogP contribution in [0.25, 0.3) is 27.9 Å². The number of fused-ring (bicyclic) bond motifs is 1. The second-order valence-corrected chi connectivity index (χ2v) is 7.24. The van der Waals surface area contributed by atoms with Crippen LogP contribution in [0.4, 0.5) is 20.2 Å². The van der Waals surface area contributed by atoms with Crippen LogP contribution in [-0.4, -0.2) is 14.8 Å². The van der Waals surface area contributed by atoms with Crippen molar-refractivity contribution >= 4 is 22.3 Å². The Morgan fingerprint density at radius 2 is 1.77 bits per heavy atom. The third-order valence-corrected chi connectivity index (χ3v) is 5.15. The van der Waals surface area contributed by atoms with Crippen LogP contribution >= 0.6 is 0 Å². The summed E-state index contributed by atoms with van der Waals surface area (Å²) in [4.78, 5) is 4.12. The number of rotatable bonds is 4. The van der Waals surface area contributed by atoms with Gasteiger partial charge in [0.2, 0.25) is 0 Å². The van der Waals surface area contributed by atoms with E-state index in [-0.39, 0.29) is 5.69 Å². The SMILES string of the molecule is Cc1ncc(-c2ccc(Nc3cccc4c(C)n(-c5ccc(F)cc5F)nc34)cc2)o1. The van der Waals surface area contributed by atoms with Crippen LogP contribution in [0.3, 0.4) is 0 Å². The first-order valence-electron chi connectivity index (χ1n) is 9.73. The van der Waals surface area contributed by atoms with Gasteiger partial charge in [0, 0.05) is 35.3 Å². The van der Waals surface area contributed by atoms with Crippen LogP contribution in [0.15, 0.2) is 71.3 Å². The van der Waals surface area contributed by atoms with E-state index in [1.54, 1.807) is 13.1 Å². The third kappa shape index (κ3) is 3.44. The maximum atomic E-state index is 14.3. The number of oxazole rings is 1. The van der Waals surface area contributed by atoms with Gasteiger partial charge in [-0.15, -0.1) is 0 Å². The summed E-state index contributed by atoms with van der Waals surface area (Å²) >= 11 is 0. The van der Waals surface area contributed by atoms with Crippen LogP contribution in [0.2, 0.25) is 0 Å². The van der Waals surface area contributed by atoms with Crippen LogP contribution in [-0.2, 0) is 0 Å². The number of anilines is 2. The van der Waals surface area contributed by atoms with E-state index in [0.717, 1.165) is 34.1 Å². The molecule has 0 amide bonds. The molecular formula is C24H18F2N4O. The fourth-order valence-electron chi connectivity index (χ4n) is 3.59. The summed E-state index contributed by atoms with van der Waals surface area (Å²) in [6.45, 7) is 3.66. The molecule has 0 fully saturated rings. The zero-order chi connectivity index (χ0) is 21.5. The van der Waals surface area contributed by atoms with Gasteiger partial charge in [-0.05, 0) is 49.4 Å². The van der Waals surface area contributed by atoms with E-state index >= 15 is 0 Å². The smallest absolute Gasteiger partial charge is 0.191 e. The van der Waals surface area contributed by atoms with Crippen molar-refractivity contribution in [2.24, 2.45) is 0 Å². The van der Waals surface area contributed by atoms with Crippen LogP contribution in [0.1, 0.15) is 11.6 Å². The van der Waals surface area contributed by atoms with Crippen molar-refractivity contribution in [3.05, 3.63) is 90.1 Å². The van der Waals surface area contributed by atoms with Crippen molar-refractivity contribution in [2.75, 3.05) is 5.32 Å². The fourth-order valence-corrected chi connectivity index (χ4v) is 3.59. The Morgan fingerprint density at radius 3 is 2.48 bits per heavy atom. The molecule has 3 aromatic carbocycles. The maximum absolute atomic E-state index is 14.3. The fraction of sp³-hybridized carbons (Fsp3) is 0.0833. The number of nitrogens with one attached hydrogen (secondary N) is 1. The molecule has 1 N–H and O–H groups in total. The summed E-state index contributed by atoms with van der Waals surface area (Å²) in [5.74, 6) is 0.0415. The Balaban J connectivity index is 1.51. The lowest BCUT2D eigenvalue weighted by Crippen LogP contribution is -2.02. The molecular weight excluding hydrogens is 398 g/mol. The lowest BCUT2D eigenvalue weighted by molar-refractivity contribution is 0.534. The molecule has 0 bridgehead atoms. The molecule has 5 nitrogen and oxygen atoms in total. The second kappa shape index (κ2) is 7.36. The Kier molecular flexibility index (Phi) is 4.51. The zero-order valence-electron chi connectivity index (χ0n) is 16.9. The Bertz CT molecular complexity index is 1400. The summed E-state index contributed by atoms with van der Waals surface area (Å²) in [6, 6.07) is 17.0. The summed E-state index contributed by atoms with van der Waals surface area (Å²) in [6.07, 6.45) is 1.70. The van der Waals surface area contributed by atoms with E-state index in [4.69, 9.17) is 4.42 Å².